The molecule has 2 rings (SSSR count). The SMILES string of the molecule is CC(=Cc1ccc(C(F)(F)F)cc1)c1cc(C(F)(F)F)[nH]c(=O)n1. The van der Waals surface area contributed by atoms with Gasteiger partial charge in [-0.1, -0.05) is 12.1 Å². The number of benzene rings is 1. The van der Waals surface area contributed by atoms with E-state index >= 15 is 0 Å². The number of nitrogens with zero attached hydrogens (tertiary/aromatic N) is 1. The first kappa shape index (κ1) is 17.8. The van der Waals surface area contributed by atoms with Gasteiger partial charge in [0.2, 0.25) is 0 Å². The third-order valence-electron chi connectivity index (χ3n) is 3.08. The Morgan fingerprint density at radius 2 is 1.62 bits per heavy atom. The van der Waals surface area contributed by atoms with Crippen LogP contribution in [0.2, 0.25) is 0 Å². The van der Waals surface area contributed by atoms with Gasteiger partial charge in [0.05, 0.1) is 11.3 Å². The molecular weight excluding hydrogens is 338 g/mol. The minimum atomic E-state index is -4.74. The van der Waals surface area contributed by atoms with Crippen LogP contribution in [0.25, 0.3) is 11.6 Å². The average Bonchev–Trinajstić information content (AvgIpc) is 2.45. The van der Waals surface area contributed by atoms with Crippen molar-refractivity contribution in [1.29, 1.82) is 0 Å². The summed E-state index contributed by atoms with van der Waals surface area (Å²) in [6.07, 6.45) is -7.89. The molecule has 0 aliphatic carbocycles. The van der Waals surface area contributed by atoms with Crippen molar-refractivity contribution in [2.24, 2.45) is 0 Å². The van der Waals surface area contributed by atoms with Crippen molar-refractivity contribution in [1.82, 2.24) is 9.97 Å². The molecule has 24 heavy (non-hydrogen) atoms. The van der Waals surface area contributed by atoms with E-state index in [1.807, 2.05) is 0 Å². The van der Waals surface area contributed by atoms with E-state index in [2.05, 4.69) is 4.98 Å². The Balaban J connectivity index is 2.38. The molecule has 1 aromatic carbocycles. The summed E-state index contributed by atoms with van der Waals surface area (Å²) >= 11 is 0. The van der Waals surface area contributed by atoms with Crippen molar-refractivity contribution >= 4 is 11.6 Å². The van der Waals surface area contributed by atoms with Gasteiger partial charge in [0.15, 0.2) is 0 Å². The number of halogens is 6. The Bertz CT molecular complexity index is 816. The predicted molar refractivity (Wildman–Crippen MR) is 74.8 cm³/mol. The van der Waals surface area contributed by atoms with E-state index < -0.39 is 29.3 Å². The highest BCUT2D eigenvalue weighted by Gasteiger charge is 2.32. The second-order valence-electron chi connectivity index (χ2n) is 4.93. The number of allylic oxidation sites excluding steroid dienone is 1. The van der Waals surface area contributed by atoms with Gasteiger partial charge in [-0.2, -0.15) is 31.3 Å². The summed E-state index contributed by atoms with van der Waals surface area (Å²) in [5.74, 6) is 0. The second kappa shape index (κ2) is 6.14. The lowest BCUT2D eigenvalue weighted by Gasteiger charge is -2.08. The fraction of sp³-hybridized carbons (Fsp3) is 0.200. The van der Waals surface area contributed by atoms with E-state index in [1.54, 1.807) is 4.98 Å². The molecule has 0 radical (unpaired) electrons. The quantitative estimate of drug-likeness (QED) is 0.820. The molecule has 0 aliphatic heterocycles. The van der Waals surface area contributed by atoms with E-state index in [0.717, 1.165) is 12.1 Å². The third kappa shape index (κ3) is 4.24. The number of aromatic nitrogens is 2. The van der Waals surface area contributed by atoms with Gasteiger partial charge >= 0.3 is 18.0 Å². The summed E-state index contributed by atoms with van der Waals surface area (Å²) in [5, 5.41) is 0. The molecule has 0 spiro atoms. The van der Waals surface area contributed by atoms with Gasteiger partial charge in [0, 0.05) is 0 Å². The van der Waals surface area contributed by atoms with Crippen LogP contribution in [0.3, 0.4) is 0 Å². The molecule has 1 N–H and O–H groups in total. The zero-order valence-electron chi connectivity index (χ0n) is 12.1. The largest absolute Gasteiger partial charge is 0.431 e. The summed E-state index contributed by atoms with van der Waals surface area (Å²) in [4.78, 5) is 16.3. The molecule has 0 atom stereocenters. The Labute approximate surface area is 131 Å². The number of rotatable bonds is 2. The molecule has 0 saturated carbocycles. The van der Waals surface area contributed by atoms with Crippen LogP contribution in [-0.2, 0) is 12.4 Å². The van der Waals surface area contributed by atoms with E-state index in [9.17, 15) is 31.1 Å². The standard InChI is InChI=1S/C15H10F6N2O/c1-8(6-9-2-4-10(5-3-9)14(16,17)18)11-7-12(15(19,20)21)23-13(24)22-11/h2-7H,1H3,(H,22,23,24). The van der Waals surface area contributed by atoms with Crippen LogP contribution in [0.1, 0.15) is 29.4 Å². The third-order valence-corrected chi connectivity index (χ3v) is 3.08. The number of hydrogen-bond acceptors (Lipinski definition) is 2. The summed E-state index contributed by atoms with van der Waals surface area (Å²) in [6, 6.07) is 4.71. The monoisotopic (exact) mass is 348 g/mol. The smallest absolute Gasteiger partial charge is 0.302 e. The number of alkyl halides is 6. The first-order valence-electron chi connectivity index (χ1n) is 6.51. The van der Waals surface area contributed by atoms with E-state index in [4.69, 9.17) is 0 Å². The normalized spacial score (nSPS) is 13.2. The van der Waals surface area contributed by atoms with Crippen LogP contribution in [-0.4, -0.2) is 9.97 Å². The summed E-state index contributed by atoms with van der Waals surface area (Å²) in [7, 11) is 0. The highest BCUT2D eigenvalue weighted by molar-refractivity contribution is 5.78. The van der Waals surface area contributed by atoms with Crippen molar-refractivity contribution in [2.45, 2.75) is 19.3 Å². The van der Waals surface area contributed by atoms with Crippen molar-refractivity contribution in [3.63, 3.8) is 0 Å². The zero-order chi connectivity index (χ0) is 18.1. The molecule has 0 bridgehead atoms. The lowest BCUT2D eigenvalue weighted by Crippen LogP contribution is -2.20. The Kier molecular flexibility index (Phi) is 4.54. The van der Waals surface area contributed by atoms with E-state index in [1.165, 1.54) is 25.1 Å². The number of aromatic amines is 1. The number of hydrogen-bond donors (Lipinski definition) is 1. The van der Waals surface area contributed by atoms with Crippen LogP contribution < -0.4 is 5.69 Å². The highest BCUT2D eigenvalue weighted by Crippen LogP contribution is 2.30. The molecule has 0 amide bonds. The van der Waals surface area contributed by atoms with Crippen molar-refractivity contribution in [3.05, 3.63) is 63.3 Å². The van der Waals surface area contributed by atoms with Gasteiger partial charge in [-0.25, -0.2) is 4.79 Å². The predicted octanol–water partition coefficient (Wildman–Crippen LogP) is 4.37. The van der Waals surface area contributed by atoms with Crippen LogP contribution in [0, 0.1) is 0 Å². The van der Waals surface area contributed by atoms with Crippen molar-refractivity contribution < 1.29 is 26.3 Å². The zero-order valence-corrected chi connectivity index (χ0v) is 12.1. The Morgan fingerprint density at radius 1 is 1.04 bits per heavy atom. The van der Waals surface area contributed by atoms with Gasteiger partial charge in [0.1, 0.15) is 5.69 Å². The summed E-state index contributed by atoms with van der Waals surface area (Å²) in [6.45, 7) is 1.40. The van der Waals surface area contributed by atoms with Gasteiger partial charge < -0.3 is 4.98 Å². The second-order valence-corrected chi connectivity index (χ2v) is 4.93. The molecule has 0 saturated heterocycles. The number of nitrogens with one attached hydrogen (secondary N) is 1. The molecule has 1 heterocycles. The molecule has 0 fully saturated rings. The lowest BCUT2D eigenvalue weighted by molar-refractivity contribution is -0.141. The average molecular weight is 348 g/mol. The van der Waals surface area contributed by atoms with Crippen molar-refractivity contribution in [3.8, 4) is 0 Å². The minimum absolute atomic E-state index is 0.200. The van der Waals surface area contributed by atoms with Gasteiger partial charge in [-0.15, -0.1) is 0 Å². The maximum absolute atomic E-state index is 12.7. The van der Waals surface area contributed by atoms with Gasteiger partial charge in [0.25, 0.3) is 0 Å². The van der Waals surface area contributed by atoms with Crippen molar-refractivity contribution in [2.75, 3.05) is 0 Å². The molecule has 9 heteroatoms. The van der Waals surface area contributed by atoms with Gasteiger partial charge in [-0.05, 0) is 42.3 Å². The van der Waals surface area contributed by atoms with Gasteiger partial charge in [-0.3, -0.25) is 0 Å². The van der Waals surface area contributed by atoms with Crippen LogP contribution in [0.5, 0.6) is 0 Å². The maximum Gasteiger partial charge on any atom is 0.431 e. The lowest BCUT2D eigenvalue weighted by atomic mass is 10.1. The van der Waals surface area contributed by atoms with Crippen LogP contribution in [0.4, 0.5) is 26.3 Å². The van der Waals surface area contributed by atoms with E-state index in [0.29, 0.717) is 11.6 Å². The molecule has 1 aromatic heterocycles. The fourth-order valence-corrected chi connectivity index (χ4v) is 1.90. The molecule has 128 valence electrons. The molecule has 2 aromatic rings. The molecule has 0 unspecified atom stereocenters. The Morgan fingerprint density at radius 3 is 2.12 bits per heavy atom. The maximum atomic E-state index is 12.7. The topological polar surface area (TPSA) is 45.8 Å². The molecule has 0 aliphatic rings. The highest BCUT2D eigenvalue weighted by atomic mass is 19.4. The first-order chi connectivity index (χ1) is 11.0. The first-order valence-corrected chi connectivity index (χ1v) is 6.51. The molecular formula is C15H10F6N2O. The van der Waals surface area contributed by atoms with Crippen LogP contribution >= 0.6 is 0 Å². The number of H-pyrrole nitrogens is 1. The minimum Gasteiger partial charge on any atom is -0.302 e. The fourth-order valence-electron chi connectivity index (χ4n) is 1.90. The Hall–Kier alpha value is -2.58. The summed E-state index contributed by atoms with van der Waals surface area (Å²) in [5.41, 5.74) is -2.95. The molecule has 3 nitrogen and oxygen atoms in total. The van der Waals surface area contributed by atoms with E-state index in [-0.39, 0.29) is 11.3 Å². The summed E-state index contributed by atoms with van der Waals surface area (Å²) < 4.78 is 75.4. The van der Waals surface area contributed by atoms with Crippen LogP contribution in [0.15, 0.2) is 35.1 Å².